The number of hydrogen-bond acceptors (Lipinski definition) is 3. The van der Waals surface area contributed by atoms with Gasteiger partial charge in [0, 0.05) is 43.3 Å². The van der Waals surface area contributed by atoms with E-state index in [4.69, 9.17) is 0 Å². The third-order valence-corrected chi connectivity index (χ3v) is 5.63. The van der Waals surface area contributed by atoms with Gasteiger partial charge in [0.15, 0.2) is 0 Å². The Morgan fingerprint density at radius 1 is 0.875 bits per heavy atom. The second-order valence-corrected chi connectivity index (χ2v) is 8.07. The van der Waals surface area contributed by atoms with Gasteiger partial charge in [-0.3, -0.25) is 9.59 Å². The van der Waals surface area contributed by atoms with Gasteiger partial charge < -0.3 is 20.9 Å². The molecule has 2 aromatic carbocycles. The number of rotatable bonds is 8. The number of likely N-dealkylation sites (tertiary alicyclic amines) is 1. The fraction of sp³-hybridized carbons (Fsp3) is 0.400. The fourth-order valence-corrected chi connectivity index (χ4v) is 3.63. The summed E-state index contributed by atoms with van der Waals surface area (Å²) in [6, 6.07) is 16.4. The maximum atomic E-state index is 12.5. The number of amides is 4. The van der Waals surface area contributed by atoms with E-state index in [2.05, 4.69) is 22.9 Å². The highest BCUT2D eigenvalue weighted by Gasteiger charge is 2.24. The zero-order valence-electron chi connectivity index (χ0n) is 18.6. The van der Waals surface area contributed by atoms with Crippen LogP contribution in [-0.2, 0) is 6.54 Å². The van der Waals surface area contributed by atoms with Crippen molar-refractivity contribution in [3.05, 3.63) is 71.3 Å². The van der Waals surface area contributed by atoms with Crippen molar-refractivity contribution in [2.24, 2.45) is 0 Å². The number of piperidine rings is 1. The van der Waals surface area contributed by atoms with E-state index in [1.807, 2.05) is 30.3 Å². The first kappa shape index (κ1) is 23.3. The van der Waals surface area contributed by atoms with Crippen molar-refractivity contribution in [1.29, 1.82) is 0 Å². The van der Waals surface area contributed by atoms with Crippen molar-refractivity contribution in [2.45, 2.75) is 45.2 Å². The number of urea groups is 1. The van der Waals surface area contributed by atoms with Crippen LogP contribution in [-0.4, -0.2) is 48.4 Å². The van der Waals surface area contributed by atoms with Gasteiger partial charge in [0.05, 0.1) is 0 Å². The van der Waals surface area contributed by atoms with E-state index < -0.39 is 0 Å². The van der Waals surface area contributed by atoms with Gasteiger partial charge in [0.25, 0.3) is 11.8 Å². The SMILES string of the molecule is CCCCNC(=O)c1ccc(CNC(=O)N2CCC(NC(=O)c3ccccc3)CC2)cc1. The van der Waals surface area contributed by atoms with Gasteiger partial charge in [-0.05, 0) is 49.1 Å². The molecule has 0 aliphatic carbocycles. The second-order valence-electron chi connectivity index (χ2n) is 8.07. The monoisotopic (exact) mass is 436 g/mol. The van der Waals surface area contributed by atoms with Crippen LogP contribution in [0.25, 0.3) is 0 Å². The van der Waals surface area contributed by atoms with Crippen molar-refractivity contribution < 1.29 is 14.4 Å². The first-order valence-corrected chi connectivity index (χ1v) is 11.3. The molecule has 4 amide bonds. The number of nitrogens with zero attached hydrogens (tertiary/aromatic N) is 1. The molecule has 0 aromatic heterocycles. The molecule has 0 saturated carbocycles. The Hall–Kier alpha value is -3.35. The molecule has 3 N–H and O–H groups in total. The van der Waals surface area contributed by atoms with Crippen LogP contribution in [0.2, 0.25) is 0 Å². The van der Waals surface area contributed by atoms with Gasteiger partial charge in [-0.25, -0.2) is 4.79 Å². The molecule has 3 rings (SSSR count). The van der Waals surface area contributed by atoms with Gasteiger partial charge >= 0.3 is 6.03 Å². The normalized spacial score (nSPS) is 14.0. The lowest BCUT2D eigenvalue weighted by atomic mass is 10.0. The van der Waals surface area contributed by atoms with Crippen LogP contribution < -0.4 is 16.0 Å². The van der Waals surface area contributed by atoms with E-state index in [0.717, 1.165) is 31.2 Å². The smallest absolute Gasteiger partial charge is 0.317 e. The van der Waals surface area contributed by atoms with Crippen molar-refractivity contribution in [3.63, 3.8) is 0 Å². The number of nitrogens with one attached hydrogen (secondary N) is 3. The minimum Gasteiger partial charge on any atom is -0.352 e. The summed E-state index contributed by atoms with van der Waals surface area (Å²) in [7, 11) is 0. The molecule has 0 unspecified atom stereocenters. The summed E-state index contributed by atoms with van der Waals surface area (Å²) in [6.07, 6.45) is 3.47. The highest BCUT2D eigenvalue weighted by Crippen LogP contribution is 2.12. The van der Waals surface area contributed by atoms with E-state index in [-0.39, 0.29) is 23.9 Å². The molecule has 7 heteroatoms. The zero-order chi connectivity index (χ0) is 22.8. The molecule has 32 heavy (non-hydrogen) atoms. The number of carbonyl (C=O) groups excluding carboxylic acids is 3. The zero-order valence-corrected chi connectivity index (χ0v) is 18.6. The Labute approximate surface area is 189 Å². The molecule has 1 aliphatic rings. The molecule has 0 spiro atoms. The molecular formula is C25H32N4O3. The first-order valence-electron chi connectivity index (χ1n) is 11.3. The lowest BCUT2D eigenvalue weighted by molar-refractivity contribution is 0.0915. The fourth-order valence-electron chi connectivity index (χ4n) is 3.63. The van der Waals surface area contributed by atoms with E-state index >= 15 is 0 Å². The van der Waals surface area contributed by atoms with Crippen LogP contribution in [0.1, 0.15) is 58.9 Å². The van der Waals surface area contributed by atoms with E-state index in [0.29, 0.717) is 37.3 Å². The van der Waals surface area contributed by atoms with Crippen molar-refractivity contribution >= 4 is 17.8 Å². The van der Waals surface area contributed by atoms with E-state index in [1.165, 1.54) is 0 Å². The van der Waals surface area contributed by atoms with Gasteiger partial charge in [0.2, 0.25) is 0 Å². The Morgan fingerprint density at radius 2 is 1.53 bits per heavy atom. The molecule has 1 saturated heterocycles. The lowest BCUT2D eigenvalue weighted by Gasteiger charge is -2.32. The third-order valence-electron chi connectivity index (χ3n) is 5.63. The van der Waals surface area contributed by atoms with Gasteiger partial charge in [-0.15, -0.1) is 0 Å². The standard InChI is InChI=1S/C25H32N4O3/c1-2-3-15-26-23(30)21-11-9-19(10-12-21)18-27-25(32)29-16-13-22(14-17-29)28-24(31)20-7-5-4-6-8-20/h4-12,22H,2-3,13-18H2,1H3,(H,26,30)(H,27,32)(H,28,31). The summed E-state index contributed by atoms with van der Waals surface area (Å²) in [4.78, 5) is 38.6. The summed E-state index contributed by atoms with van der Waals surface area (Å²) < 4.78 is 0. The van der Waals surface area contributed by atoms with Gasteiger partial charge in [-0.2, -0.15) is 0 Å². The van der Waals surface area contributed by atoms with Crippen molar-refractivity contribution in [3.8, 4) is 0 Å². The molecule has 1 aliphatic heterocycles. The molecule has 0 bridgehead atoms. The number of hydrogen-bond donors (Lipinski definition) is 3. The molecule has 170 valence electrons. The van der Waals surface area contributed by atoms with E-state index in [9.17, 15) is 14.4 Å². The number of benzene rings is 2. The highest BCUT2D eigenvalue weighted by atomic mass is 16.2. The van der Waals surface area contributed by atoms with Gasteiger partial charge in [0.1, 0.15) is 0 Å². The molecule has 1 heterocycles. The summed E-state index contributed by atoms with van der Waals surface area (Å²) >= 11 is 0. The Morgan fingerprint density at radius 3 is 2.19 bits per heavy atom. The summed E-state index contributed by atoms with van der Waals surface area (Å²) in [6.45, 7) is 4.37. The molecule has 7 nitrogen and oxygen atoms in total. The average molecular weight is 437 g/mol. The third kappa shape index (κ3) is 6.83. The predicted molar refractivity (Wildman–Crippen MR) is 124 cm³/mol. The Kier molecular flexibility index (Phi) is 8.66. The predicted octanol–water partition coefficient (Wildman–Crippen LogP) is 3.32. The molecule has 2 aromatic rings. The Balaban J connectivity index is 1.38. The summed E-state index contributed by atoms with van der Waals surface area (Å²) in [5.41, 5.74) is 2.21. The van der Waals surface area contributed by atoms with E-state index in [1.54, 1.807) is 29.2 Å². The average Bonchev–Trinajstić information content (AvgIpc) is 2.84. The minimum atomic E-state index is -0.112. The quantitative estimate of drug-likeness (QED) is 0.555. The van der Waals surface area contributed by atoms with Crippen LogP contribution in [0, 0.1) is 0 Å². The second kappa shape index (κ2) is 11.9. The van der Waals surface area contributed by atoms with Crippen LogP contribution in [0.5, 0.6) is 0 Å². The first-order chi connectivity index (χ1) is 15.6. The maximum Gasteiger partial charge on any atom is 0.317 e. The van der Waals surface area contributed by atoms with Crippen molar-refractivity contribution in [1.82, 2.24) is 20.9 Å². The minimum absolute atomic E-state index is 0.0720. The van der Waals surface area contributed by atoms with Crippen LogP contribution >= 0.6 is 0 Å². The highest BCUT2D eigenvalue weighted by molar-refractivity contribution is 5.94. The van der Waals surface area contributed by atoms with Crippen LogP contribution in [0.3, 0.4) is 0 Å². The molecule has 0 atom stereocenters. The summed E-state index contributed by atoms with van der Waals surface area (Å²) in [5.74, 6) is -0.146. The summed E-state index contributed by atoms with van der Waals surface area (Å²) in [5, 5.41) is 8.89. The maximum absolute atomic E-state index is 12.5. The van der Waals surface area contributed by atoms with Crippen LogP contribution in [0.4, 0.5) is 4.79 Å². The van der Waals surface area contributed by atoms with Crippen LogP contribution in [0.15, 0.2) is 54.6 Å². The number of carbonyl (C=O) groups is 3. The number of unbranched alkanes of at least 4 members (excludes halogenated alkanes) is 1. The Bertz CT molecular complexity index is 891. The molecule has 1 fully saturated rings. The molecular weight excluding hydrogens is 404 g/mol. The topological polar surface area (TPSA) is 90.5 Å². The van der Waals surface area contributed by atoms with Gasteiger partial charge in [-0.1, -0.05) is 43.7 Å². The largest absolute Gasteiger partial charge is 0.352 e. The lowest BCUT2D eigenvalue weighted by Crippen LogP contribution is -2.49. The molecule has 0 radical (unpaired) electrons. The van der Waals surface area contributed by atoms with Crippen molar-refractivity contribution in [2.75, 3.05) is 19.6 Å².